The van der Waals surface area contributed by atoms with Gasteiger partial charge in [0, 0.05) is 13.1 Å². The molecule has 0 radical (unpaired) electrons. The largest absolute Gasteiger partial charge is 0.341 e. The average molecular weight is 200 g/mol. The Morgan fingerprint density at radius 2 is 1.50 bits per heavy atom. The number of nitrogens with two attached hydrogens (primary N) is 1. The summed E-state index contributed by atoms with van der Waals surface area (Å²) in [7, 11) is 1.83. The summed E-state index contributed by atoms with van der Waals surface area (Å²) in [5.74, 6) is 0.703. The number of hydrogen-bond donors (Lipinski definition) is 1. The second kappa shape index (κ2) is 5.35. The highest BCUT2D eigenvalue weighted by atomic mass is 16.2. The van der Waals surface area contributed by atoms with Crippen LogP contribution in [0.1, 0.15) is 34.6 Å². The third-order valence-corrected chi connectivity index (χ3v) is 2.93. The van der Waals surface area contributed by atoms with Crippen LogP contribution in [0.2, 0.25) is 0 Å². The molecule has 0 saturated heterocycles. The first kappa shape index (κ1) is 13.4. The van der Waals surface area contributed by atoms with Gasteiger partial charge in [-0.1, -0.05) is 27.7 Å². The minimum Gasteiger partial charge on any atom is -0.341 e. The Bertz CT molecular complexity index is 190. The molecule has 0 spiro atoms. The van der Waals surface area contributed by atoms with Gasteiger partial charge in [0.25, 0.3) is 0 Å². The lowest BCUT2D eigenvalue weighted by Crippen LogP contribution is -2.49. The number of amides is 1. The third-order valence-electron chi connectivity index (χ3n) is 2.93. The SMILES string of the molecule is CC(C)C(N)C(=O)N(C)C(C)C(C)C. The van der Waals surface area contributed by atoms with E-state index < -0.39 is 0 Å². The zero-order chi connectivity index (χ0) is 11.5. The van der Waals surface area contributed by atoms with Gasteiger partial charge in [0.15, 0.2) is 0 Å². The van der Waals surface area contributed by atoms with Crippen molar-refractivity contribution in [1.82, 2.24) is 4.90 Å². The van der Waals surface area contributed by atoms with Gasteiger partial charge in [-0.05, 0) is 18.8 Å². The standard InChI is InChI=1S/C11H24N2O/c1-7(2)9(5)13(6)11(14)10(12)8(3)4/h7-10H,12H2,1-6H3. The highest BCUT2D eigenvalue weighted by Crippen LogP contribution is 2.11. The molecule has 2 N–H and O–H groups in total. The van der Waals surface area contributed by atoms with Crippen LogP contribution in [0.5, 0.6) is 0 Å². The number of carbonyl (C=O) groups is 1. The minimum absolute atomic E-state index is 0.0428. The van der Waals surface area contributed by atoms with Gasteiger partial charge < -0.3 is 10.6 Å². The predicted octanol–water partition coefficient (Wildman–Crippen LogP) is 1.47. The topological polar surface area (TPSA) is 46.3 Å². The van der Waals surface area contributed by atoms with Crippen LogP contribution in [-0.2, 0) is 4.79 Å². The Hall–Kier alpha value is -0.570. The lowest BCUT2D eigenvalue weighted by Gasteiger charge is -2.31. The highest BCUT2D eigenvalue weighted by molar-refractivity contribution is 5.81. The second-order valence-corrected chi connectivity index (χ2v) is 4.70. The van der Waals surface area contributed by atoms with E-state index in [0.29, 0.717) is 5.92 Å². The van der Waals surface area contributed by atoms with Crippen molar-refractivity contribution in [3.8, 4) is 0 Å². The number of hydrogen-bond acceptors (Lipinski definition) is 2. The predicted molar refractivity (Wildman–Crippen MR) is 59.9 cm³/mol. The normalized spacial score (nSPS) is 15.8. The first-order chi connectivity index (χ1) is 6.29. The van der Waals surface area contributed by atoms with E-state index in [2.05, 4.69) is 20.8 Å². The van der Waals surface area contributed by atoms with Crippen molar-refractivity contribution in [3.63, 3.8) is 0 Å². The van der Waals surface area contributed by atoms with E-state index in [1.807, 2.05) is 20.9 Å². The first-order valence-corrected chi connectivity index (χ1v) is 5.31. The van der Waals surface area contributed by atoms with Crippen molar-refractivity contribution in [2.75, 3.05) is 7.05 Å². The van der Waals surface area contributed by atoms with E-state index in [-0.39, 0.29) is 23.9 Å². The molecule has 0 aromatic rings. The van der Waals surface area contributed by atoms with Crippen molar-refractivity contribution >= 4 is 5.91 Å². The third kappa shape index (κ3) is 3.29. The Morgan fingerprint density at radius 3 is 1.79 bits per heavy atom. The van der Waals surface area contributed by atoms with Gasteiger partial charge in [-0.25, -0.2) is 0 Å². The molecule has 84 valence electrons. The van der Waals surface area contributed by atoms with Crippen molar-refractivity contribution in [2.24, 2.45) is 17.6 Å². The average Bonchev–Trinajstić information content (AvgIpc) is 2.12. The number of nitrogens with zero attached hydrogens (tertiary/aromatic N) is 1. The molecule has 0 saturated carbocycles. The quantitative estimate of drug-likeness (QED) is 0.747. The lowest BCUT2D eigenvalue weighted by atomic mass is 10.0. The van der Waals surface area contributed by atoms with Crippen LogP contribution in [0.15, 0.2) is 0 Å². The molecular formula is C11H24N2O. The molecule has 0 heterocycles. The van der Waals surface area contributed by atoms with Crippen molar-refractivity contribution < 1.29 is 4.79 Å². The van der Waals surface area contributed by atoms with Gasteiger partial charge in [0.2, 0.25) is 5.91 Å². The van der Waals surface area contributed by atoms with E-state index in [4.69, 9.17) is 5.73 Å². The molecule has 1 amide bonds. The van der Waals surface area contributed by atoms with E-state index in [1.165, 1.54) is 0 Å². The Kier molecular flexibility index (Phi) is 5.13. The van der Waals surface area contributed by atoms with Crippen LogP contribution >= 0.6 is 0 Å². The zero-order valence-corrected chi connectivity index (χ0v) is 10.2. The molecule has 0 aromatic carbocycles. The van der Waals surface area contributed by atoms with Crippen LogP contribution < -0.4 is 5.73 Å². The number of carbonyl (C=O) groups excluding carboxylic acids is 1. The minimum atomic E-state index is -0.374. The molecule has 0 aromatic heterocycles. The number of likely N-dealkylation sites (N-methyl/N-ethyl adjacent to an activating group) is 1. The molecule has 0 bridgehead atoms. The summed E-state index contributed by atoms with van der Waals surface area (Å²) < 4.78 is 0. The van der Waals surface area contributed by atoms with E-state index in [1.54, 1.807) is 4.90 Å². The molecule has 14 heavy (non-hydrogen) atoms. The maximum Gasteiger partial charge on any atom is 0.239 e. The molecule has 2 unspecified atom stereocenters. The van der Waals surface area contributed by atoms with Crippen molar-refractivity contribution in [1.29, 1.82) is 0 Å². The smallest absolute Gasteiger partial charge is 0.239 e. The summed E-state index contributed by atoms with van der Waals surface area (Å²) in [6.07, 6.45) is 0. The monoisotopic (exact) mass is 200 g/mol. The fourth-order valence-electron chi connectivity index (χ4n) is 1.17. The molecule has 2 atom stereocenters. The summed E-state index contributed by atoms with van der Waals surface area (Å²) in [5, 5.41) is 0. The van der Waals surface area contributed by atoms with Gasteiger partial charge in [0.1, 0.15) is 0 Å². The molecule has 3 nitrogen and oxygen atoms in total. The van der Waals surface area contributed by atoms with Crippen LogP contribution in [0.25, 0.3) is 0 Å². The Morgan fingerprint density at radius 1 is 1.07 bits per heavy atom. The highest BCUT2D eigenvalue weighted by Gasteiger charge is 2.25. The maximum atomic E-state index is 11.8. The Balaban J connectivity index is 4.39. The van der Waals surface area contributed by atoms with Gasteiger partial charge >= 0.3 is 0 Å². The molecule has 0 fully saturated rings. The molecule has 0 rings (SSSR count). The van der Waals surface area contributed by atoms with E-state index in [9.17, 15) is 4.79 Å². The Labute approximate surface area is 87.6 Å². The van der Waals surface area contributed by atoms with Gasteiger partial charge in [-0.2, -0.15) is 0 Å². The number of rotatable bonds is 4. The summed E-state index contributed by atoms with van der Waals surface area (Å²) in [5.41, 5.74) is 5.81. The van der Waals surface area contributed by atoms with Gasteiger partial charge in [0.05, 0.1) is 6.04 Å². The van der Waals surface area contributed by atoms with Crippen LogP contribution in [0.4, 0.5) is 0 Å². The zero-order valence-electron chi connectivity index (χ0n) is 10.2. The van der Waals surface area contributed by atoms with Gasteiger partial charge in [-0.3, -0.25) is 4.79 Å². The van der Waals surface area contributed by atoms with Crippen LogP contribution in [-0.4, -0.2) is 29.9 Å². The summed E-state index contributed by atoms with van der Waals surface area (Å²) in [6.45, 7) is 10.2. The van der Waals surface area contributed by atoms with E-state index >= 15 is 0 Å². The van der Waals surface area contributed by atoms with Crippen LogP contribution in [0, 0.1) is 11.8 Å². The molecule has 0 aliphatic carbocycles. The van der Waals surface area contributed by atoms with Crippen LogP contribution in [0.3, 0.4) is 0 Å². The van der Waals surface area contributed by atoms with Gasteiger partial charge in [-0.15, -0.1) is 0 Å². The van der Waals surface area contributed by atoms with Crippen molar-refractivity contribution in [3.05, 3.63) is 0 Å². The summed E-state index contributed by atoms with van der Waals surface area (Å²) in [6, 6.07) is -0.131. The molecular weight excluding hydrogens is 176 g/mol. The lowest BCUT2D eigenvalue weighted by molar-refractivity contribution is -0.134. The van der Waals surface area contributed by atoms with Crippen molar-refractivity contribution in [2.45, 2.75) is 46.7 Å². The summed E-state index contributed by atoms with van der Waals surface area (Å²) >= 11 is 0. The second-order valence-electron chi connectivity index (χ2n) is 4.70. The molecule has 0 aliphatic heterocycles. The first-order valence-electron chi connectivity index (χ1n) is 5.31. The fourth-order valence-corrected chi connectivity index (χ4v) is 1.17. The maximum absolute atomic E-state index is 11.8. The summed E-state index contributed by atoms with van der Waals surface area (Å²) in [4.78, 5) is 13.6. The fraction of sp³-hybridized carbons (Fsp3) is 0.909. The molecule has 0 aliphatic rings. The molecule has 3 heteroatoms. The van der Waals surface area contributed by atoms with E-state index in [0.717, 1.165) is 0 Å².